The molecule has 0 bridgehead atoms. The van der Waals surface area contributed by atoms with Crippen LogP contribution in [0.5, 0.6) is 0 Å². The van der Waals surface area contributed by atoms with Crippen LogP contribution in [-0.4, -0.2) is 35.8 Å². The van der Waals surface area contributed by atoms with Gasteiger partial charge in [-0.2, -0.15) is 0 Å². The average molecular weight is 284 g/mol. The summed E-state index contributed by atoms with van der Waals surface area (Å²) in [5, 5.41) is 2.76. The minimum absolute atomic E-state index is 0.103. The van der Waals surface area contributed by atoms with Crippen molar-refractivity contribution in [3.8, 4) is 0 Å². The SMILES string of the molecule is C=CCNC(=O)[C@@H]1CCCN1C(=O)/C=C/c1ccccc1. The largest absolute Gasteiger partial charge is 0.351 e. The number of carbonyl (C=O) groups excluding carboxylic acids is 2. The maximum Gasteiger partial charge on any atom is 0.247 e. The highest BCUT2D eigenvalue weighted by Gasteiger charge is 2.32. The fourth-order valence-corrected chi connectivity index (χ4v) is 2.42. The molecule has 2 amide bonds. The van der Waals surface area contributed by atoms with Crippen LogP contribution in [0.1, 0.15) is 18.4 Å². The molecule has 0 radical (unpaired) electrons. The van der Waals surface area contributed by atoms with Crippen molar-refractivity contribution in [3.63, 3.8) is 0 Å². The lowest BCUT2D eigenvalue weighted by atomic mass is 10.2. The number of benzene rings is 1. The minimum atomic E-state index is -0.363. The molecular formula is C17H20N2O2. The Morgan fingerprint density at radius 1 is 1.33 bits per heavy atom. The summed E-state index contributed by atoms with van der Waals surface area (Å²) in [7, 11) is 0. The first-order chi connectivity index (χ1) is 10.2. The van der Waals surface area contributed by atoms with Crippen molar-refractivity contribution in [2.24, 2.45) is 0 Å². The summed E-state index contributed by atoms with van der Waals surface area (Å²) in [4.78, 5) is 25.9. The van der Waals surface area contributed by atoms with Gasteiger partial charge in [0.25, 0.3) is 0 Å². The normalized spacial score (nSPS) is 17.9. The summed E-state index contributed by atoms with van der Waals surface area (Å²) in [6.45, 7) is 4.63. The van der Waals surface area contributed by atoms with E-state index in [2.05, 4.69) is 11.9 Å². The molecule has 1 aromatic carbocycles. The van der Waals surface area contributed by atoms with Crippen LogP contribution in [0.25, 0.3) is 6.08 Å². The van der Waals surface area contributed by atoms with Crippen molar-refractivity contribution in [3.05, 3.63) is 54.6 Å². The molecule has 1 heterocycles. The van der Waals surface area contributed by atoms with Gasteiger partial charge in [-0.1, -0.05) is 36.4 Å². The Bertz CT molecular complexity index is 537. The van der Waals surface area contributed by atoms with E-state index in [9.17, 15) is 9.59 Å². The van der Waals surface area contributed by atoms with E-state index >= 15 is 0 Å². The second kappa shape index (κ2) is 7.43. The number of likely N-dealkylation sites (tertiary alicyclic amines) is 1. The molecule has 1 N–H and O–H groups in total. The zero-order valence-electron chi connectivity index (χ0n) is 12.0. The van der Waals surface area contributed by atoms with Crippen LogP contribution >= 0.6 is 0 Å². The smallest absolute Gasteiger partial charge is 0.247 e. The average Bonchev–Trinajstić information content (AvgIpc) is 3.01. The summed E-state index contributed by atoms with van der Waals surface area (Å²) >= 11 is 0. The third-order valence-corrected chi connectivity index (χ3v) is 3.48. The van der Waals surface area contributed by atoms with Crippen molar-refractivity contribution >= 4 is 17.9 Å². The number of nitrogens with zero attached hydrogens (tertiary/aromatic N) is 1. The highest BCUT2D eigenvalue weighted by molar-refractivity contribution is 5.96. The molecule has 0 aromatic heterocycles. The molecule has 1 atom stereocenters. The Kier molecular flexibility index (Phi) is 5.32. The zero-order valence-corrected chi connectivity index (χ0v) is 12.0. The first-order valence-electron chi connectivity index (χ1n) is 7.14. The fourth-order valence-electron chi connectivity index (χ4n) is 2.42. The van der Waals surface area contributed by atoms with Crippen molar-refractivity contribution in [2.45, 2.75) is 18.9 Å². The Balaban J connectivity index is 1.99. The lowest BCUT2D eigenvalue weighted by Crippen LogP contribution is -2.45. The maximum absolute atomic E-state index is 12.2. The van der Waals surface area contributed by atoms with Crippen LogP contribution in [0.4, 0.5) is 0 Å². The Morgan fingerprint density at radius 3 is 2.81 bits per heavy atom. The topological polar surface area (TPSA) is 49.4 Å². The van der Waals surface area contributed by atoms with E-state index in [1.807, 2.05) is 30.3 Å². The fraction of sp³-hybridized carbons (Fsp3) is 0.294. The van der Waals surface area contributed by atoms with E-state index in [0.29, 0.717) is 19.5 Å². The molecule has 4 nitrogen and oxygen atoms in total. The van der Waals surface area contributed by atoms with Gasteiger partial charge in [-0.25, -0.2) is 0 Å². The van der Waals surface area contributed by atoms with E-state index in [4.69, 9.17) is 0 Å². The van der Waals surface area contributed by atoms with Crippen molar-refractivity contribution in [1.29, 1.82) is 0 Å². The molecule has 1 aliphatic rings. The number of nitrogens with one attached hydrogen (secondary N) is 1. The molecule has 1 fully saturated rings. The van der Waals surface area contributed by atoms with Crippen molar-refractivity contribution < 1.29 is 9.59 Å². The molecule has 110 valence electrons. The first kappa shape index (κ1) is 15.0. The molecule has 4 heteroatoms. The predicted molar refractivity (Wildman–Crippen MR) is 83.4 cm³/mol. The second-order valence-electron chi connectivity index (χ2n) is 4.97. The van der Waals surface area contributed by atoms with E-state index in [1.54, 1.807) is 17.1 Å². The lowest BCUT2D eigenvalue weighted by molar-refractivity contribution is -0.134. The highest BCUT2D eigenvalue weighted by atomic mass is 16.2. The van der Waals surface area contributed by atoms with Crippen LogP contribution in [0, 0.1) is 0 Å². The summed E-state index contributed by atoms with van der Waals surface area (Å²) < 4.78 is 0. The molecule has 21 heavy (non-hydrogen) atoms. The number of hydrogen-bond acceptors (Lipinski definition) is 2. The Morgan fingerprint density at radius 2 is 2.10 bits per heavy atom. The van der Waals surface area contributed by atoms with Gasteiger partial charge in [0.15, 0.2) is 0 Å². The molecule has 0 unspecified atom stereocenters. The number of rotatable bonds is 5. The monoisotopic (exact) mass is 284 g/mol. The molecule has 0 spiro atoms. The van der Waals surface area contributed by atoms with Crippen molar-refractivity contribution in [1.82, 2.24) is 10.2 Å². The van der Waals surface area contributed by atoms with Gasteiger partial charge >= 0.3 is 0 Å². The molecule has 1 saturated heterocycles. The van der Waals surface area contributed by atoms with Gasteiger partial charge in [-0.3, -0.25) is 9.59 Å². The number of hydrogen-bond donors (Lipinski definition) is 1. The van der Waals surface area contributed by atoms with Gasteiger partial charge in [-0.15, -0.1) is 6.58 Å². The summed E-state index contributed by atoms with van der Waals surface area (Å²) in [5.41, 5.74) is 0.970. The van der Waals surface area contributed by atoms with Crippen molar-refractivity contribution in [2.75, 3.05) is 13.1 Å². The van der Waals surface area contributed by atoms with E-state index in [-0.39, 0.29) is 17.9 Å². The third-order valence-electron chi connectivity index (χ3n) is 3.48. The summed E-state index contributed by atoms with van der Waals surface area (Å²) in [6, 6.07) is 9.28. The minimum Gasteiger partial charge on any atom is -0.351 e. The summed E-state index contributed by atoms with van der Waals surface area (Å²) in [6.07, 6.45) is 6.52. The van der Waals surface area contributed by atoms with Crippen LogP contribution < -0.4 is 5.32 Å². The van der Waals surface area contributed by atoms with Crippen LogP contribution in [0.15, 0.2) is 49.1 Å². The molecule has 1 aromatic rings. The van der Waals surface area contributed by atoms with E-state index in [1.165, 1.54) is 6.08 Å². The van der Waals surface area contributed by atoms with Gasteiger partial charge in [0.2, 0.25) is 11.8 Å². The summed E-state index contributed by atoms with van der Waals surface area (Å²) in [5.74, 6) is -0.219. The number of carbonyl (C=O) groups is 2. The quantitative estimate of drug-likeness (QED) is 0.664. The number of amides is 2. The molecule has 1 aliphatic heterocycles. The van der Waals surface area contributed by atoms with Gasteiger partial charge in [-0.05, 0) is 24.5 Å². The van der Waals surface area contributed by atoms with Crippen LogP contribution in [0.2, 0.25) is 0 Å². The Hall–Kier alpha value is -2.36. The van der Waals surface area contributed by atoms with Crippen LogP contribution in [0.3, 0.4) is 0 Å². The van der Waals surface area contributed by atoms with Gasteiger partial charge in [0.05, 0.1) is 0 Å². The molecule has 2 rings (SSSR count). The molecule has 0 saturated carbocycles. The second-order valence-corrected chi connectivity index (χ2v) is 4.97. The first-order valence-corrected chi connectivity index (χ1v) is 7.14. The van der Waals surface area contributed by atoms with Gasteiger partial charge in [0, 0.05) is 19.2 Å². The lowest BCUT2D eigenvalue weighted by Gasteiger charge is -2.22. The van der Waals surface area contributed by atoms with E-state index < -0.39 is 0 Å². The maximum atomic E-state index is 12.2. The predicted octanol–water partition coefficient (Wildman–Crippen LogP) is 1.99. The van der Waals surface area contributed by atoms with E-state index in [0.717, 1.165) is 12.0 Å². The van der Waals surface area contributed by atoms with Crippen LogP contribution in [-0.2, 0) is 9.59 Å². The standard InChI is InChI=1S/C17H20N2O2/c1-2-12-18-17(21)15-9-6-13-19(15)16(20)11-10-14-7-4-3-5-8-14/h2-5,7-8,10-11,15H,1,6,9,12-13H2,(H,18,21)/b11-10+/t15-/m0/s1. The molecule has 0 aliphatic carbocycles. The Labute approximate surface area is 125 Å². The van der Waals surface area contributed by atoms with Gasteiger partial charge < -0.3 is 10.2 Å². The third kappa shape index (κ3) is 4.05. The zero-order chi connectivity index (χ0) is 15.1. The van der Waals surface area contributed by atoms with Gasteiger partial charge in [0.1, 0.15) is 6.04 Å². The highest BCUT2D eigenvalue weighted by Crippen LogP contribution is 2.18. The molecular weight excluding hydrogens is 264 g/mol.